The van der Waals surface area contributed by atoms with Crippen LogP contribution in [0.3, 0.4) is 0 Å². The van der Waals surface area contributed by atoms with Gasteiger partial charge >= 0.3 is 0 Å². The molecule has 0 aromatic rings. The summed E-state index contributed by atoms with van der Waals surface area (Å²) in [5, 5.41) is -4.79. The van der Waals surface area contributed by atoms with E-state index < -0.39 is 66.4 Å². The fourth-order valence-electron chi connectivity index (χ4n) is 2.40. The molecule has 0 spiro atoms. The van der Waals surface area contributed by atoms with Crippen molar-refractivity contribution in [1.29, 1.82) is 0 Å². The van der Waals surface area contributed by atoms with Gasteiger partial charge in [0.05, 0.1) is 15.4 Å². The Morgan fingerprint density at radius 3 is 1.50 bits per heavy atom. The molecule has 1 aliphatic carbocycles. The van der Waals surface area contributed by atoms with E-state index in [-0.39, 0.29) is 0 Å². The zero-order valence-corrected chi connectivity index (χ0v) is 15.7. The molecule has 22 heavy (non-hydrogen) atoms. The smallest absolute Gasteiger partial charge is 0.172 e. The van der Waals surface area contributed by atoms with Gasteiger partial charge in [0.15, 0.2) is 39.3 Å². The molecule has 1 aliphatic rings. The highest BCUT2D eigenvalue weighted by Gasteiger charge is 2.48. The summed E-state index contributed by atoms with van der Waals surface area (Å²) in [7, 11) is -15.9. The number of rotatable bonds is 4. The number of hydrogen-bond acceptors (Lipinski definition) is 8. The molecule has 0 bridgehead atoms. The Morgan fingerprint density at radius 1 is 0.773 bits per heavy atom. The lowest BCUT2D eigenvalue weighted by Crippen LogP contribution is -2.48. The third kappa shape index (κ3) is 4.30. The molecule has 0 radical (unpaired) electrons. The van der Waals surface area contributed by atoms with Crippen LogP contribution in [0.5, 0.6) is 0 Å². The third-order valence-electron chi connectivity index (χ3n) is 3.42. The van der Waals surface area contributed by atoms with Gasteiger partial charge in [-0.3, -0.25) is 0 Å². The summed E-state index contributed by atoms with van der Waals surface area (Å²) >= 11 is 0. The second-order valence-corrected chi connectivity index (χ2v) is 14.3. The molecule has 1 rings (SSSR count). The lowest BCUT2D eigenvalue weighted by Gasteiger charge is -2.32. The molecule has 0 fully saturated rings. The van der Waals surface area contributed by atoms with Gasteiger partial charge in [0.2, 0.25) is 0 Å². The van der Waals surface area contributed by atoms with Gasteiger partial charge < -0.3 is 0 Å². The van der Waals surface area contributed by atoms with Gasteiger partial charge in [0.25, 0.3) is 0 Å². The van der Waals surface area contributed by atoms with Crippen molar-refractivity contribution in [3.63, 3.8) is 0 Å². The van der Waals surface area contributed by atoms with E-state index in [0.29, 0.717) is 0 Å². The van der Waals surface area contributed by atoms with Crippen molar-refractivity contribution in [2.45, 2.75) is 22.2 Å². The van der Waals surface area contributed by atoms with Crippen LogP contribution < -0.4 is 0 Å². The summed E-state index contributed by atoms with van der Waals surface area (Å²) < 4.78 is 94.8. The quantitative estimate of drug-likeness (QED) is 0.565. The van der Waals surface area contributed by atoms with Crippen molar-refractivity contribution in [2.24, 2.45) is 0 Å². The molecular weight excluding hydrogens is 376 g/mol. The summed E-state index contributed by atoms with van der Waals surface area (Å²) in [6.07, 6.45) is 3.41. The Kier molecular flexibility index (Phi) is 4.95. The van der Waals surface area contributed by atoms with Gasteiger partial charge in [-0.15, -0.1) is 0 Å². The Morgan fingerprint density at radius 2 is 1.23 bits per heavy atom. The van der Waals surface area contributed by atoms with Crippen LogP contribution in [0.15, 0.2) is 11.0 Å². The van der Waals surface area contributed by atoms with Gasteiger partial charge in [0, 0.05) is 25.0 Å². The Bertz CT molecular complexity index is 903. The predicted octanol–water partition coefficient (Wildman–Crippen LogP) is -1.44. The van der Waals surface area contributed by atoms with Crippen LogP contribution in [0.1, 0.15) is 6.42 Å². The molecule has 130 valence electrons. The molecule has 0 saturated heterocycles. The maximum absolute atomic E-state index is 11.9. The average molecular weight is 395 g/mol. The maximum Gasteiger partial charge on any atom is 0.172 e. The van der Waals surface area contributed by atoms with E-state index in [1.165, 1.54) is 0 Å². The lowest BCUT2D eigenvalue weighted by molar-refractivity contribution is 0.544. The Labute approximate surface area is 131 Å². The number of sulfone groups is 4. The van der Waals surface area contributed by atoms with Crippen LogP contribution in [0.4, 0.5) is 0 Å². The lowest BCUT2D eigenvalue weighted by atomic mass is 10.1. The minimum Gasteiger partial charge on any atom is -0.229 e. The minimum absolute atomic E-state index is 0.492. The summed E-state index contributed by atoms with van der Waals surface area (Å²) in [5.41, 5.74) is 0. The van der Waals surface area contributed by atoms with Crippen LogP contribution in [-0.2, 0) is 39.3 Å². The molecule has 0 amide bonds. The van der Waals surface area contributed by atoms with Gasteiger partial charge in [-0.2, -0.15) is 0 Å². The summed E-state index contributed by atoms with van der Waals surface area (Å²) in [6.45, 7) is 0. The van der Waals surface area contributed by atoms with Gasteiger partial charge in [-0.25, -0.2) is 33.7 Å². The molecule has 0 N–H and O–H groups in total. The first-order chi connectivity index (χ1) is 9.45. The van der Waals surface area contributed by atoms with Crippen molar-refractivity contribution in [2.75, 3.05) is 25.0 Å². The van der Waals surface area contributed by atoms with E-state index in [1.807, 2.05) is 0 Å². The van der Waals surface area contributed by atoms with Crippen molar-refractivity contribution in [1.82, 2.24) is 0 Å². The van der Waals surface area contributed by atoms with Gasteiger partial charge in [-0.1, -0.05) is 6.08 Å². The molecule has 0 aliphatic heterocycles. The van der Waals surface area contributed by atoms with Crippen LogP contribution in [-0.4, -0.2) is 74.4 Å². The first kappa shape index (κ1) is 19.6. The Hall–Kier alpha value is -0.460. The molecule has 0 heterocycles. The van der Waals surface area contributed by atoms with E-state index in [0.717, 1.165) is 31.1 Å². The van der Waals surface area contributed by atoms with Crippen molar-refractivity contribution in [3.05, 3.63) is 11.0 Å². The molecule has 3 unspecified atom stereocenters. The summed E-state index contributed by atoms with van der Waals surface area (Å²) in [4.78, 5) is -0.674. The number of hydrogen-bond donors (Lipinski definition) is 0. The molecule has 0 saturated carbocycles. The van der Waals surface area contributed by atoms with Crippen molar-refractivity contribution < 1.29 is 33.7 Å². The highest BCUT2D eigenvalue weighted by molar-refractivity contribution is 7.99. The Balaban J connectivity index is 3.82. The van der Waals surface area contributed by atoms with Crippen LogP contribution in [0, 0.1) is 0 Å². The van der Waals surface area contributed by atoms with E-state index in [9.17, 15) is 33.7 Å². The largest absolute Gasteiger partial charge is 0.229 e. The van der Waals surface area contributed by atoms with E-state index in [1.54, 1.807) is 0 Å². The highest BCUT2D eigenvalue weighted by atomic mass is 32.2. The van der Waals surface area contributed by atoms with Gasteiger partial charge in [-0.05, 0) is 6.42 Å². The first-order valence-electron chi connectivity index (χ1n) is 5.94. The minimum atomic E-state index is -4.09. The highest BCUT2D eigenvalue weighted by Crippen LogP contribution is 2.34. The fourth-order valence-corrected chi connectivity index (χ4v) is 9.22. The second-order valence-electron chi connectivity index (χ2n) is 5.56. The van der Waals surface area contributed by atoms with Crippen LogP contribution in [0.25, 0.3) is 0 Å². The SMILES string of the molecule is CS(=O)(=O)C1=CC(S(C)(=O)=O)CC(S(C)(=O)=O)C1S(C)(=O)=O. The van der Waals surface area contributed by atoms with E-state index in [2.05, 4.69) is 0 Å². The summed E-state index contributed by atoms with van der Waals surface area (Å²) in [5.74, 6) is 0. The van der Waals surface area contributed by atoms with E-state index >= 15 is 0 Å². The van der Waals surface area contributed by atoms with Crippen LogP contribution in [0.2, 0.25) is 0 Å². The van der Waals surface area contributed by atoms with Crippen molar-refractivity contribution in [3.8, 4) is 0 Å². The molecule has 3 atom stereocenters. The topological polar surface area (TPSA) is 137 Å². The molecule has 0 aromatic heterocycles. The predicted molar refractivity (Wildman–Crippen MR) is 83.4 cm³/mol. The first-order valence-corrected chi connectivity index (χ1v) is 13.7. The zero-order chi connectivity index (χ0) is 17.7. The van der Waals surface area contributed by atoms with Crippen molar-refractivity contribution >= 4 is 39.3 Å². The second kappa shape index (κ2) is 5.56. The van der Waals surface area contributed by atoms with Crippen LogP contribution >= 0.6 is 0 Å². The molecular formula is C10H18O8S4. The molecule has 0 aromatic carbocycles. The zero-order valence-electron chi connectivity index (χ0n) is 12.4. The maximum atomic E-state index is 11.9. The van der Waals surface area contributed by atoms with E-state index in [4.69, 9.17) is 0 Å². The van der Waals surface area contributed by atoms with Gasteiger partial charge in [0.1, 0.15) is 5.25 Å². The fraction of sp³-hybridized carbons (Fsp3) is 0.800. The normalized spacial score (nSPS) is 28.2. The summed E-state index contributed by atoms with van der Waals surface area (Å²) in [6, 6.07) is 0. The third-order valence-corrected chi connectivity index (χ3v) is 9.49. The molecule has 12 heteroatoms. The monoisotopic (exact) mass is 394 g/mol. The average Bonchev–Trinajstić information content (AvgIpc) is 2.22. The molecule has 8 nitrogen and oxygen atoms in total. The standard InChI is InChI=1S/C10H18O8S4/c1-19(11,12)7-5-8(20(2,13)14)10(22(4,17)18)9(6-7)21(3,15)16/h5,7,9-10H,6H2,1-4H3.